The number of piperidine rings is 1. The molecule has 1 heterocycles. The second kappa shape index (κ2) is 7.46. The van der Waals surface area contributed by atoms with Crippen molar-refractivity contribution in [1.29, 1.82) is 0 Å². The number of hydrogen-bond acceptors (Lipinski definition) is 3. The highest BCUT2D eigenvalue weighted by molar-refractivity contribution is 5.99. The second-order valence-electron chi connectivity index (χ2n) is 5.85. The summed E-state index contributed by atoms with van der Waals surface area (Å²) < 4.78 is 0. The van der Waals surface area contributed by atoms with Gasteiger partial charge in [0.1, 0.15) is 0 Å². The summed E-state index contributed by atoms with van der Waals surface area (Å²) in [6, 6.07) is 5.98. The fraction of sp³-hybridized carbons (Fsp3) is 0.588. The number of nitrogens with one attached hydrogen (secondary N) is 1. The summed E-state index contributed by atoms with van der Waals surface area (Å²) in [4.78, 5) is 14.8. The van der Waals surface area contributed by atoms with Gasteiger partial charge in [0.05, 0.1) is 5.56 Å². The molecule has 0 saturated carbocycles. The fourth-order valence-electron chi connectivity index (χ4n) is 3.02. The Balaban J connectivity index is 2.16. The third kappa shape index (κ3) is 3.97. The van der Waals surface area contributed by atoms with E-state index < -0.39 is 0 Å². The molecule has 0 spiro atoms. The standard InChI is InChI=1S/C17H26N2O2/c1-3-18-16-7-6-13(2)11-15(16)17(21)19-9-4-5-14(12-19)8-10-20/h6-7,11,14,18,20H,3-5,8-10,12H2,1-2H3. The number of rotatable bonds is 5. The molecule has 0 radical (unpaired) electrons. The van der Waals surface area contributed by atoms with Crippen molar-refractivity contribution in [3.63, 3.8) is 0 Å². The Labute approximate surface area is 127 Å². The van der Waals surface area contributed by atoms with Gasteiger partial charge in [0.2, 0.25) is 0 Å². The number of hydrogen-bond donors (Lipinski definition) is 2. The van der Waals surface area contributed by atoms with E-state index in [1.165, 1.54) is 0 Å². The van der Waals surface area contributed by atoms with Crippen molar-refractivity contribution in [2.24, 2.45) is 5.92 Å². The molecule has 1 amide bonds. The Morgan fingerprint density at radius 3 is 3.00 bits per heavy atom. The molecule has 1 aliphatic heterocycles. The number of aliphatic hydroxyl groups is 1. The first-order valence-corrected chi connectivity index (χ1v) is 7.90. The zero-order valence-electron chi connectivity index (χ0n) is 13.1. The zero-order valence-corrected chi connectivity index (χ0v) is 13.1. The SMILES string of the molecule is CCNc1ccc(C)cc1C(=O)N1CCCC(CCO)C1. The Morgan fingerprint density at radius 2 is 2.29 bits per heavy atom. The van der Waals surface area contributed by atoms with Crippen LogP contribution in [0.2, 0.25) is 0 Å². The van der Waals surface area contributed by atoms with E-state index >= 15 is 0 Å². The third-order valence-electron chi connectivity index (χ3n) is 4.12. The predicted octanol–water partition coefficient (Wildman–Crippen LogP) is 2.66. The Kier molecular flexibility index (Phi) is 5.62. The van der Waals surface area contributed by atoms with Crippen LogP contribution >= 0.6 is 0 Å². The van der Waals surface area contributed by atoms with Crippen LogP contribution in [0.15, 0.2) is 18.2 Å². The molecule has 1 saturated heterocycles. The lowest BCUT2D eigenvalue weighted by atomic mass is 9.94. The summed E-state index contributed by atoms with van der Waals surface area (Å²) in [6.45, 7) is 6.64. The topological polar surface area (TPSA) is 52.6 Å². The first kappa shape index (κ1) is 15.8. The maximum absolute atomic E-state index is 12.8. The summed E-state index contributed by atoms with van der Waals surface area (Å²) in [7, 11) is 0. The lowest BCUT2D eigenvalue weighted by Gasteiger charge is -2.33. The molecule has 0 bridgehead atoms. The molecule has 0 aliphatic carbocycles. The van der Waals surface area contributed by atoms with Gasteiger partial charge in [-0.3, -0.25) is 4.79 Å². The van der Waals surface area contributed by atoms with E-state index in [2.05, 4.69) is 5.32 Å². The van der Waals surface area contributed by atoms with Crippen molar-refractivity contribution in [3.8, 4) is 0 Å². The zero-order chi connectivity index (χ0) is 15.2. The van der Waals surface area contributed by atoms with Crippen molar-refractivity contribution < 1.29 is 9.90 Å². The van der Waals surface area contributed by atoms with Crippen LogP contribution in [-0.4, -0.2) is 42.2 Å². The number of carbonyl (C=O) groups excluding carboxylic acids is 1. The highest BCUT2D eigenvalue weighted by Crippen LogP contribution is 2.24. The van der Waals surface area contributed by atoms with Crippen LogP contribution in [0.4, 0.5) is 5.69 Å². The highest BCUT2D eigenvalue weighted by Gasteiger charge is 2.25. The fourth-order valence-corrected chi connectivity index (χ4v) is 3.02. The van der Waals surface area contributed by atoms with E-state index in [1.54, 1.807) is 0 Å². The molecular weight excluding hydrogens is 264 g/mol. The van der Waals surface area contributed by atoms with Crippen LogP contribution in [-0.2, 0) is 0 Å². The second-order valence-corrected chi connectivity index (χ2v) is 5.85. The number of nitrogens with zero attached hydrogens (tertiary/aromatic N) is 1. The highest BCUT2D eigenvalue weighted by atomic mass is 16.3. The average molecular weight is 290 g/mol. The predicted molar refractivity (Wildman–Crippen MR) is 85.7 cm³/mol. The van der Waals surface area contributed by atoms with Gasteiger partial charge in [-0.15, -0.1) is 0 Å². The number of amides is 1. The quantitative estimate of drug-likeness (QED) is 0.876. The van der Waals surface area contributed by atoms with Crippen LogP contribution in [0, 0.1) is 12.8 Å². The molecule has 21 heavy (non-hydrogen) atoms. The number of benzene rings is 1. The smallest absolute Gasteiger partial charge is 0.255 e. The molecule has 1 unspecified atom stereocenters. The number of anilines is 1. The van der Waals surface area contributed by atoms with Gasteiger partial charge in [-0.1, -0.05) is 11.6 Å². The minimum absolute atomic E-state index is 0.109. The minimum Gasteiger partial charge on any atom is -0.396 e. The first-order valence-electron chi connectivity index (χ1n) is 7.90. The molecule has 1 aromatic rings. The van der Waals surface area contributed by atoms with Crippen LogP contribution < -0.4 is 5.32 Å². The van der Waals surface area contributed by atoms with Gasteiger partial charge in [0.25, 0.3) is 5.91 Å². The van der Waals surface area contributed by atoms with Crippen molar-refractivity contribution in [1.82, 2.24) is 4.90 Å². The molecular formula is C17H26N2O2. The van der Waals surface area contributed by atoms with E-state index in [0.29, 0.717) is 5.92 Å². The molecule has 4 heteroatoms. The van der Waals surface area contributed by atoms with Crippen molar-refractivity contribution >= 4 is 11.6 Å². The van der Waals surface area contributed by atoms with Gasteiger partial charge in [0, 0.05) is 31.9 Å². The van der Waals surface area contributed by atoms with Crippen LogP contribution in [0.25, 0.3) is 0 Å². The first-order chi connectivity index (χ1) is 10.2. The van der Waals surface area contributed by atoms with Gasteiger partial charge < -0.3 is 15.3 Å². The molecule has 2 rings (SSSR count). The number of aryl methyl sites for hydroxylation is 1. The molecule has 1 atom stereocenters. The lowest BCUT2D eigenvalue weighted by molar-refractivity contribution is 0.0654. The van der Waals surface area contributed by atoms with Gasteiger partial charge in [-0.05, 0) is 51.2 Å². The lowest BCUT2D eigenvalue weighted by Crippen LogP contribution is -2.40. The Hall–Kier alpha value is -1.55. The van der Waals surface area contributed by atoms with E-state index in [9.17, 15) is 4.79 Å². The molecule has 1 aliphatic rings. The Bertz CT molecular complexity index is 486. The van der Waals surface area contributed by atoms with Gasteiger partial charge in [0.15, 0.2) is 0 Å². The summed E-state index contributed by atoms with van der Waals surface area (Å²) in [5.74, 6) is 0.539. The summed E-state index contributed by atoms with van der Waals surface area (Å²) in [5, 5.41) is 12.4. The third-order valence-corrected chi connectivity index (χ3v) is 4.12. The van der Waals surface area contributed by atoms with Crippen LogP contribution in [0.3, 0.4) is 0 Å². The van der Waals surface area contributed by atoms with Crippen molar-refractivity contribution in [2.75, 3.05) is 31.6 Å². The minimum atomic E-state index is 0.109. The molecule has 4 nitrogen and oxygen atoms in total. The van der Waals surface area contributed by atoms with Gasteiger partial charge in [-0.2, -0.15) is 0 Å². The molecule has 0 aromatic heterocycles. The number of likely N-dealkylation sites (tertiary alicyclic amines) is 1. The van der Waals surface area contributed by atoms with Gasteiger partial charge >= 0.3 is 0 Å². The normalized spacial score (nSPS) is 18.6. The van der Waals surface area contributed by atoms with Crippen LogP contribution in [0.1, 0.15) is 42.1 Å². The monoisotopic (exact) mass is 290 g/mol. The molecule has 1 aromatic carbocycles. The van der Waals surface area contributed by atoms with E-state index in [0.717, 1.165) is 55.7 Å². The maximum Gasteiger partial charge on any atom is 0.255 e. The van der Waals surface area contributed by atoms with E-state index in [-0.39, 0.29) is 12.5 Å². The molecule has 2 N–H and O–H groups in total. The molecule has 116 valence electrons. The van der Waals surface area contributed by atoms with Crippen molar-refractivity contribution in [2.45, 2.75) is 33.1 Å². The van der Waals surface area contributed by atoms with Crippen LogP contribution in [0.5, 0.6) is 0 Å². The summed E-state index contributed by atoms with van der Waals surface area (Å²) in [5.41, 5.74) is 2.78. The maximum atomic E-state index is 12.8. The molecule has 1 fully saturated rings. The Morgan fingerprint density at radius 1 is 1.48 bits per heavy atom. The van der Waals surface area contributed by atoms with E-state index in [1.807, 2.05) is 36.9 Å². The number of aliphatic hydroxyl groups excluding tert-OH is 1. The summed E-state index contributed by atoms with van der Waals surface area (Å²) in [6.07, 6.45) is 2.93. The van der Waals surface area contributed by atoms with E-state index in [4.69, 9.17) is 5.11 Å². The average Bonchev–Trinajstić information content (AvgIpc) is 2.49. The van der Waals surface area contributed by atoms with Crippen molar-refractivity contribution in [3.05, 3.63) is 29.3 Å². The van der Waals surface area contributed by atoms with Gasteiger partial charge in [-0.25, -0.2) is 0 Å². The number of carbonyl (C=O) groups is 1. The largest absolute Gasteiger partial charge is 0.396 e. The summed E-state index contributed by atoms with van der Waals surface area (Å²) >= 11 is 0.